The zero-order valence-electron chi connectivity index (χ0n) is 16.6. The molecule has 4 rings (SSSR count). The van der Waals surface area contributed by atoms with Crippen LogP contribution in [0.2, 0.25) is 5.02 Å². The summed E-state index contributed by atoms with van der Waals surface area (Å²) in [7, 11) is -4.24. The van der Waals surface area contributed by atoms with E-state index in [9.17, 15) is 13.0 Å². The van der Waals surface area contributed by atoms with Crippen LogP contribution in [0.1, 0.15) is 23.9 Å². The summed E-state index contributed by atoms with van der Waals surface area (Å²) >= 11 is 9.58. The Morgan fingerprint density at radius 2 is 2.03 bits per heavy atom. The first-order valence-corrected chi connectivity index (χ1v) is 13.2. The van der Waals surface area contributed by atoms with Gasteiger partial charge in [-0.3, -0.25) is 0 Å². The zero-order chi connectivity index (χ0) is 21.5. The minimum Gasteiger partial charge on any atom is -0.748 e. The molecule has 0 unspecified atom stereocenters. The second-order valence-corrected chi connectivity index (χ2v) is 11.2. The van der Waals surface area contributed by atoms with Gasteiger partial charge in [0, 0.05) is 28.3 Å². The predicted molar refractivity (Wildman–Crippen MR) is 124 cm³/mol. The van der Waals surface area contributed by atoms with Gasteiger partial charge < -0.3 is 9.45 Å². The van der Waals surface area contributed by atoms with Crippen LogP contribution in [0, 0.1) is 6.92 Å². The number of aryl methyl sites for hydroxylation is 2. The van der Waals surface area contributed by atoms with Gasteiger partial charge in [-0.25, -0.2) is 8.42 Å². The number of aromatic nitrogens is 1. The van der Waals surface area contributed by atoms with E-state index < -0.39 is 10.1 Å². The first-order chi connectivity index (χ1) is 14.2. The Kier molecular flexibility index (Phi) is 6.14. The number of halogens is 1. The molecule has 0 atom stereocenters. The van der Waals surface area contributed by atoms with Gasteiger partial charge >= 0.3 is 0 Å². The lowest BCUT2D eigenvalue weighted by atomic mass is 10.2. The molecule has 0 aliphatic carbocycles. The van der Waals surface area contributed by atoms with Crippen LogP contribution < -0.4 is 9.47 Å². The van der Waals surface area contributed by atoms with E-state index in [0.717, 1.165) is 27.2 Å². The normalized spacial score (nSPS) is 15.3. The Hall–Kier alpha value is -1.58. The fourth-order valence-electron chi connectivity index (χ4n) is 3.56. The van der Waals surface area contributed by atoms with Crippen molar-refractivity contribution in [2.24, 2.45) is 0 Å². The van der Waals surface area contributed by atoms with Crippen molar-refractivity contribution >= 4 is 66.8 Å². The van der Waals surface area contributed by atoms with E-state index >= 15 is 0 Å². The standard InChI is InChI=1S/C21H21ClN2O3S3/c1-3-23-16-7-5-14(2)11-19(16)29-20(23)13-21-24(9-4-10-30(25,26)27)17-12-15(22)6-8-18(17)28-21/h5-8,11-13H,3-4,9-10H2,1-2H3. The van der Waals surface area contributed by atoms with Gasteiger partial charge in [0.15, 0.2) is 0 Å². The maximum atomic E-state index is 11.1. The van der Waals surface area contributed by atoms with Crippen LogP contribution in [0.4, 0.5) is 5.69 Å². The Bertz CT molecular complexity index is 1250. The lowest BCUT2D eigenvalue weighted by Gasteiger charge is -2.20. The number of hydrogen-bond donors (Lipinski definition) is 0. The average molecular weight is 481 g/mol. The zero-order valence-corrected chi connectivity index (χ0v) is 19.8. The summed E-state index contributed by atoms with van der Waals surface area (Å²) in [5, 5.41) is 2.75. The lowest BCUT2D eigenvalue weighted by molar-refractivity contribution is -0.665. The number of anilines is 1. The van der Waals surface area contributed by atoms with Crippen molar-refractivity contribution in [1.29, 1.82) is 0 Å². The second kappa shape index (κ2) is 8.51. The molecule has 0 spiro atoms. The predicted octanol–water partition coefficient (Wildman–Crippen LogP) is 5.02. The maximum Gasteiger partial charge on any atom is 0.265 e. The quantitative estimate of drug-likeness (QED) is 0.366. The van der Waals surface area contributed by atoms with Crippen molar-refractivity contribution in [3.63, 3.8) is 0 Å². The fraction of sp³-hybridized carbons (Fsp3) is 0.286. The average Bonchev–Trinajstić information content (AvgIpc) is 3.17. The van der Waals surface area contributed by atoms with Crippen LogP contribution in [-0.4, -0.2) is 25.3 Å². The molecule has 30 heavy (non-hydrogen) atoms. The molecule has 0 amide bonds. The monoisotopic (exact) mass is 480 g/mol. The van der Waals surface area contributed by atoms with Gasteiger partial charge in [0.05, 0.1) is 26.9 Å². The summed E-state index contributed by atoms with van der Waals surface area (Å²) in [5.74, 6) is -0.380. The van der Waals surface area contributed by atoms with Crippen molar-refractivity contribution in [1.82, 2.24) is 0 Å². The van der Waals surface area contributed by atoms with E-state index in [1.54, 1.807) is 23.1 Å². The topological polar surface area (TPSA) is 64.3 Å². The van der Waals surface area contributed by atoms with E-state index in [4.69, 9.17) is 11.6 Å². The molecule has 1 aliphatic heterocycles. The van der Waals surface area contributed by atoms with Crippen molar-refractivity contribution in [2.45, 2.75) is 31.7 Å². The highest BCUT2D eigenvalue weighted by Crippen LogP contribution is 2.47. The van der Waals surface area contributed by atoms with Crippen LogP contribution in [-0.2, 0) is 16.7 Å². The third-order valence-electron chi connectivity index (χ3n) is 4.92. The third-order valence-corrected chi connectivity index (χ3v) is 8.15. The van der Waals surface area contributed by atoms with E-state index in [1.165, 1.54) is 15.8 Å². The number of benzene rings is 2. The molecule has 0 saturated heterocycles. The molecule has 9 heteroatoms. The van der Waals surface area contributed by atoms with Gasteiger partial charge in [0.2, 0.25) is 5.52 Å². The van der Waals surface area contributed by atoms with E-state index in [2.05, 4.69) is 47.6 Å². The van der Waals surface area contributed by atoms with Gasteiger partial charge in [-0.2, -0.15) is 4.57 Å². The number of thiazole rings is 1. The second-order valence-electron chi connectivity index (χ2n) is 7.12. The molecule has 0 N–H and O–H groups in total. The number of thioether (sulfide) groups is 1. The van der Waals surface area contributed by atoms with Crippen molar-refractivity contribution in [3.8, 4) is 0 Å². The molecule has 3 aromatic rings. The summed E-state index contributed by atoms with van der Waals surface area (Å²) in [6.07, 6.45) is 2.41. The molecule has 0 fully saturated rings. The van der Waals surface area contributed by atoms with Gasteiger partial charge in [0.25, 0.3) is 5.01 Å². The van der Waals surface area contributed by atoms with E-state index in [0.29, 0.717) is 11.6 Å². The molecule has 0 radical (unpaired) electrons. The van der Waals surface area contributed by atoms with Gasteiger partial charge in [-0.15, -0.1) is 0 Å². The highest BCUT2D eigenvalue weighted by atomic mass is 35.5. The van der Waals surface area contributed by atoms with Crippen LogP contribution in [0.3, 0.4) is 0 Å². The molecular formula is C21H21ClN2O3S3. The minimum atomic E-state index is -4.24. The minimum absolute atomic E-state index is 0.259. The Balaban J connectivity index is 1.74. The molecule has 2 aromatic carbocycles. The lowest BCUT2D eigenvalue weighted by Crippen LogP contribution is -2.33. The summed E-state index contributed by atoms with van der Waals surface area (Å²) in [6.45, 7) is 5.50. The summed E-state index contributed by atoms with van der Waals surface area (Å²) in [4.78, 5) is 3.13. The first-order valence-electron chi connectivity index (χ1n) is 9.58. The molecule has 1 aromatic heterocycles. The highest BCUT2D eigenvalue weighted by molar-refractivity contribution is 8.03. The Morgan fingerprint density at radius 3 is 2.77 bits per heavy atom. The molecule has 158 valence electrons. The van der Waals surface area contributed by atoms with Crippen LogP contribution in [0.15, 0.2) is 46.3 Å². The molecule has 0 bridgehead atoms. The summed E-state index contributed by atoms with van der Waals surface area (Å²) in [5.41, 5.74) is 3.37. The summed E-state index contributed by atoms with van der Waals surface area (Å²) in [6, 6.07) is 12.2. The molecule has 2 heterocycles. The van der Waals surface area contributed by atoms with Crippen LogP contribution in [0.5, 0.6) is 0 Å². The van der Waals surface area contributed by atoms with Crippen LogP contribution >= 0.6 is 34.7 Å². The molecule has 1 aliphatic rings. The van der Waals surface area contributed by atoms with Crippen molar-refractivity contribution < 1.29 is 17.5 Å². The highest BCUT2D eigenvalue weighted by Gasteiger charge is 2.28. The van der Waals surface area contributed by atoms with Gasteiger partial charge in [0.1, 0.15) is 11.2 Å². The summed E-state index contributed by atoms with van der Waals surface area (Å²) < 4.78 is 36.7. The number of hydrogen-bond acceptors (Lipinski definition) is 6. The largest absolute Gasteiger partial charge is 0.748 e. The fourth-order valence-corrected chi connectivity index (χ4v) is 6.65. The Morgan fingerprint density at radius 1 is 1.23 bits per heavy atom. The number of rotatable bonds is 6. The molecular weight excluding hydrogens is 460 g/mol. The molecule has 0 saturated carbocycles. The van der Waals surface area contributed by atoms with Gasteiger partial charge in [-0.1, -0.05) is 40.8 Å². The van der Waals surface area contributed by atoms with Crippen molar-refractivity contribution in [2.75, 3.05) is 17.2 Å². The maximum absolute atomic E-state index is 11.1. The number of fused-ring (bicyclic) bond motifs is 2. The Labute approximate surface area is 189 Å². The first kappa shape index (κ1) is 21.6. The van der Waals surface area contributed by atoms with Gasteiger partial charge in [-0.05, 0) is 50.1 Å². The molecule has 5 nitrogen and oxygen atoms in total. The van der Waals surface area contributed by atoms with Crippen molar-refractivity contribution in [3.05, 3.63) is 57.0 Å². The van der Waals surface area contributed by atoms with E-state index in [-0.39, 0.29) is 12.2 Å². The number of nitrogens with zero attached hydrogens (tertiary/aromatic N) is 2. The SMILES string of the molecule is CC[n+]1c(/C=C2\Sc3ccc(Cl)cc3N2CCCS(=O)(=O)[O-])sc2cc(C)ccc21. The van der Waals surface area contributed by atoms with Crippen LogP contribution in [0.25, 0.3) is 16.3 Å². The van der Waals surface area contributed by atoms with E-state index in [1.807, 2.05) is 18.2 Å². The third kappa shape index (κ3) is 4.53. The smallest absolute Gasteiger partial charge is 0.265 e.